The number of imidazole rings is 1. The van der Waals surface area contributed by atoms with Crippen molar-refractivity contribution in [3.8, 4) is 0 Å². The molecule has 0 aliphatic rings. The fourth-order valence-electron chi connectivity index (χ4n) is 3.34. The summed E-state index contributed by atoms with van der Waals surface area (Å²) in [5, 5.41) is 0. The molecule has 2 aromatic carbocycles. The van der Waals surface area contributed by atoms with Gasteiger partial charge in [0.2, 0.25) is 5.91 Å². The number of amides is 1. The molecule has 4 rings (SSSR count). The molecular formula is C21H19N5O3. The van der Waals surface area contributed by atoms with E-state index in [1.54, 1.807) is 4.57 Å². The van der Waals surface area contributed by atoms with Crippen molar-refractivity contribution < 1.29 is 4.79 Å². The fraction of sp³-hybridized carbons (Fsp3) is 0.143. The van der Waals surface area contributed by atoms with Gasteiger partial charge in [0, 0.05) is 6.54 Å². The number of carbonyl (C=O) groups is 1. The average molecular weight is 389 g/mol. The van der Waals surface area contributed by atoms with E-state index in [9.17, 15) is 14.4 Å². The van der Waals surface area contributed by atoms with E-state index in [1.807, 2.05) is 60.7 Å². The van der Waals surface area contributed by atoms with Crippen LogP contribution in [0.1, 0.15) is 11.1 Å². The van der Waals surface area contributed by atoms with Crippen LogP contribution in [0.25, 0.3) is 11.2 Å². The quantitative estimate of drug-likeness (QED) is 0.530. The third kappa shape index (κ3) is 3.60. The number of benzene rings is 2. The fourth-order valence-corrected chi connectivity index (χ4v) is 3.34. The highest BCUT2D eigenvalue weighted by molar-refractivity contribution is 5.75. The van der Waals surface area contributed by atoms with Crippen LogP contribution >= 0.6 is 0 Å². The number of nitrogens with two attached hydrogens (primary N) is 1. The zero-order valence-corrected chi connectivity index (χ0v) is 15.6. The highest BCUT2D eigenvalue weighted by Crippen LogP contribution is 2.12. The lowest BCUT2D eigenvalue weighted by Gasteiger charge is -2.12. The standard InChI is InChI=1S/C21H19N5O3/c22-17(27)13-26-20(28)18-19(23-14-24(18)11-15-7-3-1-4-8-15)25(21(26)29)12-16-9-5-2-6-10-16/h1-10,14H,11-13H2,(H2,22,27). The molecule has 0 aliphatic carbocycles. The summed E-state index contributed by atoms with van der Waals surface area (Å²) in [6.45, 7) is 0.142. The van der Waals surface area contributed by atoms with Gasteiger partial charge in [-0.3, -0.25) is 14.2 Å². The Morgan fingerprint density at radius 1 is 0.862 bits per heavy atom. The molecule has 146 valence electrons. The van der Waals surface area contributed by atoms with Crippen molar-refractivity contribution >= 4 is 17.1 Å². The Morgan fingerprint density at radius 2 is 1.45 bits per heavy atom. The predicted molar refractivity (Wildman–Crippen MR) is 109 cm³/mol. The molecule has 2 aromatic heterocycles. The molecule has 0 fully saturated rings. The first-order valence-electron chi connectivity index (χ1n) is 9.09. The van der Waals surface area contributed by atoms with Crippen LogP contribution in [0.15, 0.2) is 76.6 Å². The van der Waals surface area contributed by atoms with Crippen molar-refractivity contribution in [3.63, 3.8) is 0 Å². The van der Waals surface area contributed by atoms with Crippen molar-refractivity contribution in [1.29, 1.82) is 0 Å². The van der Waals surface area contributed by atoms with Gasteiger partial charge in [0.05, 0.1) is 12.9 Å². The number of primary amides is 1. The Hall–Kier alpha value is -3.94. The number of hydrogen-bond acceptors (Lipinski definition) is 4. The lowest BCUT2D eigenvalue weighted by atomic mass is 10.2. The number of nitrogens with zero attached hydrogens (tertiary/aromatic N) is 4. The minimum Gasteiger partial charge on any atom is -0.368 e. The van der Waals surface area contributed by atoms with Gasteiger partial charge in [-0.15, -0.1) is 0 Å². The van der Waals surface area contributed by atoms with Crippen LogP contribution in [0, 0.1) is 0 Å². The van der Waals surface area contributed by atoms with Crippen molar-refractivity contribution in [2.75, 3.05) is 0 Å². The zero-order valence-electron chi connectivity index (χ0n) is 15.6. The molecule has 29 heavy (non-hydrogen) atoms. The molecule has 2 heterocycles. The van der Waals surface area contributed by atoms with E-state index in [-0.39, 0.29) is 17.7 Å². The number of hydrogen-bond donors (Lipinski definition) is 1. The first-order chi connectivity index (χ1) is 14.0. The van der Waals surface area contributed by atoms with E-state index in [4.69, 9.17) is 5.73 Å². The van der Waals surface area contributed by atoms with Crippen molar-refractivity contribution in [1.82, 2.24) is 18.7 Å². The summed E-state index contributed by atoms with van der Waals surface area (Å²) in [4.78, 5) is 41.9. The first-order valence-corrected chi connectivity index (χ1v) is 9.09. The van der Waals surface area contributed by atoms with Crippen molar-refractivity contribution in [3.05, 3.63) is 99.0 Å². The summed E-state index contributed by atoms with van der Waals surface area (Å²) in [7, 11) is 0. The van der Waals surface area contributed by atoms with E-state index in [2.05, 4.69) is 4.98 Å². The van der Waals surface area contributed by atoms with Crippen LogP contribution < -0.4 is 17.0 Å². The average Bonchev–Trinajstić information content (AvgIpc) is 3.13. The van der Waals surface area contributed by atoms with Gasteiger partial charge in [-0.1, -0.05) is 60.7 Å². The summed E-state index contributed by atoms with van der Waals surface area (Å²) in [6.07, 6.45) is 1.54. The second-order valence-electron chi connectivity index (χ2n) is 6.74. The maximum atomic E-state index is 13.0. The Labute approximate surface area is 165 Å². The second kappa shape index (κ2) is 7.59. The van der Waals surface area contributed by atoms with Gasteiger partial charge < -0.3 is 10.3 Å². The summed E-state index contributed by atoms with van der Waals surface area (Å²) < 4.78 is 3.96. The van der Waals surface area contributed by atoms with Crippen LogP contribution in [0.2, 0.25) is 0 Å². The van der Waals surface area contributed by atoms with Crippen LogP contribution in [-0.4, -0.2) is 24.6 Å². The van der Waals surface area contributed by atoms with Crippen LogP contribution in [0.3, 0.4) is 0 Å². The molecule has 0 radical (unpaired) electrons. The molecule has 0 spiro atoms. The molecule has 1 amide bonds. The Balaban J connectivity index is 1.93. The minimum absolute atomic E-state index is 0.220. The lowest BCUT2D eigenvalue weighted by molar-refractivity contribution is -0.118. The molecule has 0 aliphatic heterocycles. The third-order valence-electron chi connectivity index (χ3n) is 4.68. The molecule has 8 nitrogen and oxygen atoms in total. The SMILES string of the molecule is NC(=O)Cn1c(=O)c2c(ncn2Cc2ccccc2)n(Cc2ccccc2)c1=O. The summed E-state index contributed by atoms with van der Waals surface area (Å²) >= 11 is 0. The monoisotopic (exact) mass is 389 g/mol. The van der Waals surface area contributed by atoms with E-state index in [0.29, 0.717) is 6.54 Å². The number of fused-ring (bicyclic) bond motifs is 1. The topological polar surface area (TPSA) is 105 Å². The summed E-state index contributed by atoms with van der Waals surface area (Å²) in [5.41, 5.74) is 6.47. The zero-order chi connectivity index (χ0) is 20.4. The van der Waals surface area contributed by atoms with E-state index in [1.165, 1.54) is 10.9 Å². The lowest BCUT2D eigenvalue weighted by Crippen LogP contribution is -2.43. The molecule has 0 bridgehead atoms. The van der Waals surface area contributed by atoms with Gasteiger partial charge in [0.15, 0.2) is 11.2 Å². The van der Waals surface area contributed by atoms with Gasteiger partial charge in [0.25, 0.3) is 5.56 Å². The molecule has 0 unspecified atom stereocenters. The van der Waals surface area contributed by atoms with Gasteiger partial charge in [-0.2, -0.15) is 0 Å². The Bertz CT molecular complexity index is 1290. The van der Waals surface area contributed by atoms with Gasteiger partial charge in [-0.25, -0.2) is 14.3 Å². The molecule has 8 heteroatoms. The Kier molecular flexibility index (Phi) is 4.82. The maximum absolute atomic E-state index is 13.0. The minimum atomic E-state index is -0.760. The molecule has 4 aromatic rings. The molecule has 0 saturated heterocycles. The molecule has 2 N–H and O–H groups in total. The van der Waals surface area contributed by atoms with Crippen molar-refractivity contribution in [2.24, 2.45) is 5.73 Å². The summed E-state index contributed by atoms with van der Waals surface area (Å²) in [6, 6.07) is 19.0. The van der Waals surface area contributed by atoms with Gasteiger partial charge in [0.1, 0.15) is 6.54 Å². The van der Waals surface area contributed by atoms with Crippen LogP contribution in [0.5, 0.6) is 0 Å². The third-order valence-corrected chi connectivity index (χ3v) is 4.68. The normalized spacial score (nSPS) is 11.0. The highest BCUT2D eigenvalue weighted by Gasteiger charge is 2.19. The van der Waals surface area contributed by atoms with Crippen LogP contribution in [-0.2, 0) is 24.4 Å². The van der Waals surface area contributed by atoms with E-state index < -0.39 is 23.7 Å². The van der Waals surface area contributed by atoms with Crippen LogP contribution in [0.4, 0.5) is 0 Å². The highest BCUT2D eigenvalue weighted by atomic mass is 16.2. The largest absolute Gasteiger partial charge is 0.368 e. The van der Waals surface area contributed by atoms with Crippen molar-refractivity contribution in [2.45, 2.75) is 19.6 Å². The molecule has 0 atom stereocenters. The first kappa shape index (κ1) is 18.4. The number of rotatable bonds is 6. The van der Waals surface area contributed by atoms with Gasteiger partial charge in [-0.05, 0) is 11.1 Å². The smallest absolute Gasteiger partial charge is 0.333 e. The number of aromatic nitrogens is 4. The van der Waals surface area contributed by atoms with E-state index >= 15 is 0 Å². The van der Waals surface area contributed by atoms with E-state index in [0.717, 1.165) is 15.7 Å². The Morgan fingerprint density at radius 3 is 2.03 bits per heavy atom. The summed E-state index contributed by atoms with van der Waals surface area (Å²) in [5.74, 6) is -0.760. The maximum Gasteiger partial charge on any atom is 0.333 e. The predicted octanol–water partition coefficient (Wildman–Crippen LogP) is 0.942. The molecule has 0 saturated carbocycles. The van der Waals surface area contributed by atoms with Gasteiger partial charge >= 0.3 is 5.69 Å². The number of carbonyl (C=O) groups excluding carboxylic acids is 1. The second-order valence-corrected chi connectivity index (χ2v) is 6.74. The molecular weight excluding hydrogens is 370 g/mol.